The van der Waals surface area contributed by atoms with Crippen molar-refractivity contribution in [1.82, 2.24) is 10.6 Å². The van der Waals surface area contributed by atoms with Crippen LogP contribution >= 0.6 is 0 Å². The SMILES string of the molecule is CC(=O)OCc1ccccc1.NCC(=O)NC(Cc1ccc(F)cc1)C(=O)NCc1cccc2ccccc12. The monoisotopic (exact) mass is 529 g/mol. The Morgan fingerprint density at radius 3 is 2.21 bits per heavy atom. The molecule has 0 aliphatic rings. The number of fused-ring (bicyclic) bond motifs is 1. The molecule has 7 nitrogen and oxygen atoms in total. The number of carbonyl (C=O) groups excluding carboxylic acids is 3. The number of hydrogen-bond acceptors (Lipinski definition) is 5. The summed E-state index contributed by atoms with van der Waals surface area (Å²) in [5, 5.41) is 7.67. The molecular weight excluding hydrogens is 497 g/mol. The lowest BCUT2D eigenvalue weighted by Crippen LogP contribution is -2.49. The summed E-state index contributed by atoms with van der Waals surface area (Å²) < 4.78 is 17.9. The summed E-state index contributed by atoms with van der Waals surface area (Å²) in [6.07, 6.45) is 0.243. The van der Waals surface area contributed by atoms with Gasteiger partial charge in [0.1, 0.15) is 18.5 Å². The topological polar surface area (TPSA) is 111 Å². The largest absolute Gasteiger partial charge is 0.461 e. The molecule has 4 rings (SSSR count). The zero-order chi connectivity index (χ0) is 28.0. The Labute approximate surface area is 227 Å². The van der Waals surface area contributed by atoms with Gasteiger partial charge in [-0.2, -0.15) is 0 Å². The highest BCUT2D eigenvalue weighted by atomic mass is 19.1. The van der Waals surface area contributed by atoms with Crippen molar-refractivity contribution >= 4 is 28.6 Å². The second kappa shape index (κ2) is 15.0. The third kappa shape index (κ3) is 9.68. The predicted molar refractivity (Wildman–Crippen MR) is 149 cm³/mol. The minimum atomic E-state index is -0.795. The number of carbonyl (C=O) groups is 3. The van der Waals surface area contributed by atoms with Crippen molar-refractivity contribution in [3.8, 4) is 0 Å². The molecule has 1 unspecified atom stereocenters. The van der Waals surface area contributed by atoms with Crippen LogP contribution in [0.25, 0.3) is 10.8 Å². The fourth-order valence-electron chi connectivity index (χ4n) is 3.83. The number of benzene rings is 4. The van der Waals surface area contributed by atoms with E-state index in [-0.39, 0.29) is 30.7 Å². The molecule has 8 heteroatoms. The van der Waals surface area contributed by atoms with E-state index in [1.165, 1.54) is 19.1 Å². The Hall–Kier alpha value is -4.56. The fraction of sp³-hybridized carbons (Fsp3) is 0.194. The highest BCUT2D eigenvalue weighted by Gasteiger charge is 2.21. The van der Waals surface area contributed by atoms with Gasteiger partial charge in [-0.05, 0) is 39.6 Å². The van der Waals surface area contributed by atoms with E-state index in [1.54, 1.807) is 12.1 Å². The smallest absolute Gasteiger partial charge is 0.302 e. The van der Waals surface area contributed by atoms with Crippen molar-refractivity contribution in [3.63, 3.8) is 0 Å². The summed E-state index contributed by atoms with van der Waals surface area (Å²) in [6, 6.07) is 28.5. The number of hydrogen-bond donors (Lipinski definition) is 3. The lowest BCUT2D eigenvalue weighted by Gasteiger charge is -2.19. The van der Waals surface area contributed by atoms with E-state index in [4.69, 9.17) is 10.5 Å². The summed E-state index contributed by atoms with van der Waals surface area (Å²) in [4.78, 5) is 34.9. The van der Waals surface area contributed by atoms with Gasteiger partial charge in [0, 0.05) is 19.9 Å². The number of nitrogens with one attached hydrogen (secondary N) is 2. The minimum Gasteiger partial charge on any atom is -0.461 e. The summed E-state index contributed by atoms with van der Waals surface area (Å²) >= 11 is 0. The molecule has 0 saturated carbocycles. The second-order valence-electron chi connectivity index (χ2n) is 8.78. The third-order valence-electron chi connectivity index (χ3n) is 5.81. The number of nitrogens with two attached hydrogens (primary N) is 1. The predicted octanol–water partition coefficient (Wildman–Crippen LogP) is 4.03. The fourth-order valence-corrected chi connectivity index (χ4v) is 3.83. The van der Waals surface area contributed by atoms with Crippen LogP contribution in [0.15, 0.2) is 97.1 Å². The maximum absolute atomic E-state index is 13.1. The lowest BCUT2D eigenvalue weighted by molar-refractivity contribution is -0.142. The van der Waals surface area contributed by atoms with Gasteiger partial charge in [-0.25, -0.2) is 4.39 Å². The summed E-state index contributed by atoms with van der Waals surface area (Å²) in [5.74, 6) is -1.34. The summed E-state index contributed by atoms with van der Waals surface area (Å²) in [6.45, 7) is 1.90. The molecule has 4 N–H and O–H groups in total. The van der Waals surface area contributed by atoms with E-state index in [0.717, 1.165) is 27.5 Å². The van der Waals surface area contributed by atoms with E-state index < -0.39 is 11.9 Å². The molecule has 39 heavy (non-hydrogen) atoms. The molecule has 0 fully saturated rings. The average Bonchev–Trinajstić information content (AvgIpc) is 2.96. The summed E-state index contributed by atoms with van der Waals surface area (Å²) in [7, 11) is 0. The Kier molecular flexibility index (Phi) is 11.2. The zero-order valence-corrected chi connectivity index (χ0v) is 21.7. The first kappa shape index (κ1) is 29.0. The standard InChI is InChI=1S/C22H22FN3O2.C9H10O2/c23-18-10-8-15(9-11-18)12-20(26-21(27)13-24)22(28)25-14-17-6-3-5-16-4-1-2-7-19(16)17;1-8(10)11-7-9-5-3-2-4-6-9/h1-11,20H,12-14,24H2,(H,25,28)(H,26,27);2-6H,7H2,1H3. The molecule has 202 valence electrons. The highest BCUT2D eigenvalue weighted by molar-refractivity contribution is 5.89. The molecule has 4 aromatic rings. The van der Waals surface area contributed by atoms with Gasteiger partial charge in [-0.15, -0.1) is 0 Å². The maximum Gasteiger partial charge on any atom is 0.302 e. The van der Waals surface area contributed by atoms with Crippen molar-refractivity contribution in [2.45, 2.75) is 32.5 Å². The van der Waals surface area contributed by atoms with Crippen LogP contribution in [-0.4, -0.2) is 30.4 Å². The van der Waals surface area contributed by atoms with Crippen LogP contribution in [0.3, 0.4) is 0 Å². The van der Waals surface area contributed by atoms with Gasteiger partial charge in [-0.3, -0.25) is 14.4 Å². The van der Waals surface area contributed by atoms with Crippen LogP contribution in [0.4, 0.5) is 4.39 Å². The Morgan fingerprint density at radius 2 is 1.51 bits per heavy atom. The molecule has 1 atom stereocenters. The van der Waals surface area contributed by atoms with Gasteiger partial charge >= 0.3 is 5.97 Å². The molecule has 4 aromatic carbocycles. The summed E-state index contributed by atoms with van der Waals surface area (Å²) in [5.41, 5.74) is 8.11. The van der Waals surface area contributed by atoms with Gasteiger partial charge < -0.3 is 21.1 Å². The van der Waals surface area contributed by atoms with Crippen molar-refractivity contribution in [3.05, 3.63) is 120 Å². The second-order valence-corrected chi connectivity index (χ2v) is 8.78. The number of amides is 2. The first-order valence-corrected chi connectivity index (χ1v) is 12.5. The minimum absolute atomic E-state index is 0.212. The third-order valence-corrected chi connectivity index (χ3v) is 5.81. The van der Waals surface area contributed by atoms with Gasteiger partial charge in [0.2, 0.25) is 11.8 Å². The molecule has 0 spiro atoms. The van der Waals surface area contributed by atoms with Crippen LogP contribution < -0.4 is 16.4 Å². The van der Waals surface area contributed by atoms with Gasteiger partial charge in [0.05, 0.1) is 6.54 Å². The molecule has 0 saturated heterocycles. The van der Waals surface area contributed by atoms with Crippen molar-refractivity contribution < 1.29 is 23.5 Å². The normalized spacial score (nSPS) is 11.1. The first-order valence-electron chi connectivity index (χ1n) is 12.5. The lowest BCUT2D eigenvalue weighted by atomic mass is 10.0. The van der Waals surface area contributed by atoms with Crippen molar-refractivity contribution in [1.29, 1.82) is 0 Å². The van der Waals surface area contributed by atoms with E-state index >= 15 is 0 Å². The molecule has 2 amide bonds. The van der Waals surface area contributed by atoms with Crippen LogP contribution in [0.2, 0.25) is 0 Å². The van der Waals surface area contributed by atoms with Crippen molar-refractivity contribution in [2.24, 2.45) is 5.73 Å². The molecular formula is C31H32FN3O4. The number of esters is 1. The Morgan fingerprint density at radius 1 is 0.846 bits per heavy atom. The highest BCUT2D eigenvalue weighted by Crippen LogP contribution is 2.18. The Bertz CT molecular complexity index is 1370. The van der Waals surface area contributed by atoms with E-state index in [0.29, 0.717) is 13.2 Å². The Balaban J connectivity index is 0.000000320. The van der Waals surface area contributed by atoms with Crippen LogP contribution in [0, 0.1) is 5.82 Å². The van der Waals surface area contributed by atoms with Crippen LogP contribution in [-0.2, 0) is 38.7 Å². The molecule has 0 radical (unpaired) electrons. The number of rotatable bonds is 9. The maximum atomic E-state index is 13.1. The molecule has 0 aromatic heterocycles. The van der Waals surface area contributed by atoms with E-state index in [1.807, 2.05) is 72.8 Å². The average molecular weight is 530 g/mol. The van der Waals surface area contributed by atoms with Gasteiger partial charge in [-0.1, -0.05) is 84.9 Å². The van der Waals surface area contributed by atoms with Crippen molar-refractivity contribution in [2.75, 3.05) is 6.54 Å². The molecule has 0 aliphatic carbocycles. The van der Waals surface area contributed by atoms with E-state index in [9.17, 15) is 18.8 Å². The zero-order valence-electron chi connectivity index (χ0n) is 21.7. The molecule has 0 aliphatic heterocycles. The van der Waals surface area contributed by atoms with E-state index in [2.05, 4.69) is 10.6 Å². The van der Waals surface area contributed by atoms with Gasteiger partial charge in [0.25, 0.3) is 0 Å². The van der Waals surface area contributed by atoms with Crippen LogP contribution in [0.5, 0.6) is 0 Å². The van der Waals surface area contributed by atoms with Crippen LogP contribution in [0.1, 0.15) is 23.6 Å². The quantitative estimate of drug-likeness (QED) is 0.284. The first-order chi connectivity index (χ1) is 18.9. The molecule has 0 heterocycles. The number of ether oxygens (including phenoxy) is 1. The molecule has 0 bridgehead atoms. The van der Waals surface area contributed by atoms with Gasteiger partial charge in [0.15, 0.2) is 0 Å². The number of halogens is 1.